The van der Waals surface area contributed by atoms with E-state index in [0.717, 1.165) is 30.4 Å². The number of aliphatic carboxylic acids is 1. The molecule has 0 spiro atoms. The Morgan fingerprint density at radius 2 is 1.54 bits per heavy atom. The van der Waals surface area contributed by atoms with Gasteiger partial charge in [0.2, 0.25) is 0 Å². The summed E-state index contributed by atoms with van der Waals surface area (Å²) in [5.74, 6) is -0.538. The number of piperidine rings is 1. The maximum atomic E-state index is 13.2. The summed E-state index contributed by atoms with van der Waals surface area (Å²) in [6, 6.07) is 16.4. The van der Waals surface area contributed by atoms with Crippen molar-refractivity contribution in [2.24, 2.45) is 5.92 Å². The lowest BCUT2D eigenvalue weighted by Crippen LogP contribution is -2.42. The van der Waals surface area contributed by atoms with E-state index in [-0.39, 0.29) is 25.0 Å². The Bertz CT molecular complexity index is 1120. The van der Waals surface area contributed by atoms with E-state index in [1.807, 2.05) is 45.0 Å². The molecule has 0 atom stereocenters. The minimum atomic E-state index is -0.878. The molecule has 4 rings (SSSR count). The molecule has 210 valence electrons. The molecule has 2 amide bonds. The average molecular weight is 537 g/mol. The Hall–Kier alpha value is -3.55. The molecule has 1 N–H and O–H groups in total. The second-order valence-corrected chi connectivity index (χ2v) is 11.5. The van der Waals surface area contributed by atoms with Gasteiger partial charge in [0.25, 0.3) is 0 Å². The topological polar surface area (TPSA) is 96.4 Å². The van der Waals surface area contributed by atoms with Gasteiger partial charge in [-0.25, -0.2) is 9.59 Å². The number of carbonyl (C=O) groups excluding carboxylic acids is 2. The number of carbonyl (C=O) groups is 3. The fourth-order valence-electron chi connectivity index (χ4n) is 5.47. The Morgan fingerprint density at radius 3 is 2.10 bits per heavy atom. The van der Waals surface area contributed by atoms with E-state index in [1.54, 1.807) is 9.80 Å². The van der Waals surface area contributed by atoms with Gasteiger partial charge in [0.05, 0.1) is 0 Å². The normalized spacial score (nSPS) is 15.4. The molecule has 0 radical (unpaired) electrons. The van der Waals surface area contributed by atoms with Crippen molar-refractivity contribution in [3.63, 3.8) is 0 Å². The average Bonchev–Trinajstić information content (AvgIpc) is 3.22. The van der Waals surface area contributed by atoms with E-state index in [4.69, 9.17) is 14.6 Å². The lowest BCUT2D eigenvalue weighted by atomic mass is 9.93. The van der Waals surface area contributed by atoms with E-state index in [1.165, 1.54) is 11.1 Å². The molecule has 39 heavy (non-hydrogen) atoms. The van der Waals surface area contributed by atoms with Crippen LogP contribution in [0.4, 0.5) is 9.59 Å². The largest absolute Gasteiger partial charge is 0.481 e. The number of amides is 2. The van der Waals surface area contributed by atoms with Gasteiger partial charge < -0.3 is 24.4 Å². The van der Waals surface area contributed by atoms with Crippen molar-refractivity contribution in [2.75, 3.05) is 32.8 Å². The van der Waals surface area contributed by atoms with Crippen LogP contribution < -0.4 is 0 Å². The van der Waals surface area contributed by atoms with Crippen LogP contribution in [0.3, 0.4) is 0 Å². The monoisotopic (exact) mass is 536 g/mol. The summed E-state index contributed by atoms with van der Waals surface area (Å²) in [7, 11) is 0. The summed E-state index contributed by atoms with van der Waals surface area (Å²) in [4.78, 5) is 40.1. The van der Waals surface area contributed by atoms with E-state index >= 15 is 0 Å². The predicted octanol–water partition coefficient (Wildman–Crippen LogP) is 6.14. The summed E-state index contributed by atoms with van der Waals surface area (Å²) in [5.41, 5.74) is 4.13. The standard InChI is InChI=1S/C31H40N2O6/c1-31(2,3)39-30(37)33-19-15-22(16-20-33)14-18-32(17-8-13-28(34)35)29(36)38-21-27-25-11-6-4-9-23(25)24-10-5-7-12-26(24)27/h4-7,9-12,22,27H,8,13-21H2,1-3H3,(H,34,35). The summed E-state index contributed by atoms with van der Waals surface area (Å²) < 4.78 is 11.4. The highest BCUT2D eigenvalue weighted by molar-refractivity contribution is 5.79. The Morgan fingerprint density at radius 1 is 0.949 bits per heavy atom. The molecule has 0 bridgehead atoms. The zero-order valence-corrected chi connectivity index (χ0v) is 23.2. The maximum absolute atomic E-state index is 13.2. The molecule has 8 heteroatoms. The number of hydrogen-bond donors (Lipinski definition) is 1. The first-order valence-electron chi connectivity index (χ1n) is 13.9. The lowest BCUT2D eigenvalue weighted by Gasteiger charge is -2.34. The molecular weight excluding hydrogens is 496 g/mol. The maximum Gasteiger partial charge on any atom is 0.410 e. The molecule has 1 saturated heterocycles. The molecular formula is C31H40N2O6. The van der Waals surface area contributed by atoms with Crippen LogP contribution in [-0.4, -0.2) is 71.4 Å². The highest BCUT2D eigenvalue weighted by Crippen LogP contribution is 2.44. The van der Waals surface area contributed by atoms with Crippen molar-refractivity contribution in [3.8, 4) is 11.1 Å². The molecule has 8 nitrogen and oxygen atoms in total. The molecule has 2 aromatic carbocycles. The Kier molecular flexibility index (Phi) is 9.15. The van der Waals surface area contributed by atoms with Gasteiger partial charge in [-0.05, 0) is 74.6 Å². The van der Waals surface area contributed by atoms with Gasteiger partial charge >= 0.3 is 18.2 Å². The van der Waals surface area contributed by atoms with E-state index in [2.05, 4.69) is 24.3 Å². The van der Waals surface area contributed by atoms with E-state index in [0.29, 0.717) is 38.5 Å². The Labute approximate surface area is 230 Å². The Balaban J connectivity index is 1.33. The van der Waals surface area contributed by atoms with Crippen molar-refractivity contribution in [1.29, 1.82) is 0 Å². The van der Waals surface area contributed by atoms with Crippen LogP contribution in [0.15, 0.2) is 48.5 Å². The SMILES string of the molecule is CC(C)(C)OC(=O)N1CCC(CCN(CCCC(=O)O)C(=O)OCC2c3ccccc3-c3ccccc32)CC1. The van der Waals surface area contributed by atoms with Crippen molar-refractivity contribution < 1.29 is 29.0 Å². The van der Waals surface area contributed by atoms with Crippen LogP contribution in [0.1, 0.15) is 69.9 Å². The third-order valence-electron chi connectivity index (χ3n) is 7.49. The van der Waals surface area contributed by atoms with Crippen LogP contribution in [0.2, 0.25) is 0 Å². The van der Waals surface area contributed by atoms with Crippen molar-refractivity contribution in [3.05, 3.63) is 59.7 Å². The lowest BCUT2D eigenvalue weighted by molar-refractivity contribution is -0.137. The van der Waals surface area contributed by atoms with Gasteiger partial charge in [0, 0.05) is 38.5 Å². The quantitative estimate of drug-likeness (QED) is 0.414. The van der Waals surface area contributed by atoms with Crippen molar-refractivity contribution in [1.82, 2.24) is 9.80 Å². The zero-order chi connectivity index (χ0) is 28.0. The highest BCUT2D eigenvalue weighted by atomic mass is 16.6. The molecule has 2 aromatic rings. The van der Waals surface area contributed by atoms with Gasteiger partial charge in [-0.1, -0.05) is 48.5 Å². The first-order chi connectivity index (χ1) is 18.6. The van der Waals surface area contributed by atoms with Crippen LogP contribution in [0.25, 0.3) is 11.1 Å². The first-order valence-corrected chi connectivity index (χ1v) is 13.9. The molecule has 1 aliphatic carbocycles. The fourth-order valence-corrected chi connectivity index (χ4v) is 5.47. The molecule has 0 aromatic heterocycles. The second kappa shape index (κ2) is 12.5. The second-order valence-electron chi connectivity index (χ2n) is 11.5. The molecule has 1 aliphatic heterocycles. The minimum absolute atomic E-state index is 0.00142. The first kappa shape index (κ1) is 28.5. The molecule has 1 heterocycles. The zero-order valence-electron chi connectivity index (χ0n) is 23.2. The third-order valence-corrected chi connectivity index (χ3v) is 7.49. The van der Waals surface area contributed by atoms with Gasteiger partial charge in [-0.3, -0.25) is 4.79 Å². The number of likely N-dealkylation sites (tertiary alicyclic amines) is 1. The highest BCUT2D eigenvalue weighted by Gasteiger charge is 2.31. The molecule has 2 aliphatic rings. The minimum Gasteiger partial charge on any atom is -0.481 e. The van der Waals surface area contributed by atoms with Crippen LogP contribution >= 0.6 is 0 Å². The summed E-state index contributed by atoms with van der Waals surface area (Å²) in [6.07, 6.45) is 2.14. The number of carboxylic acids is 1. The van der Waals surface area contributed by atoms with Crippen LogP contribution in [0.5, 0.6) is 0 Å². The van der Waals surface area contributed by atoms with Gasteiger partial charge in [0.15, 0.2) is 0 Å². The molecule has 1 fully saturated rings. The number of nitrogens with zero attached hydrogens (tertiary/aromatic N) is 2. The number of hydrogen-bond acceptors (Lipinski definition) is 5. The fraction of sp³-hybridized carbons (Fsp3) is 0.516. The predicted molar refractivity (Wildman–Crippen MR) is 149 cm³/mol. The smallest absolute Gasteiger partial charge is 0.410 e. The van der Waals surface area contributed by atoms with Crippen molar-refractivity contribution >= 4 is 18.2 Å². The number of benzene rings is 2. The molecule has 0 unspecified atom stereocenters. The van der Waals surface area contributed by atoms with Gasteiger partial charge in [0.1, 0.15) is 12.2 Å². The number of ether oxygens (including phenoxy) is 2. The third kappa shape index (κ3) is 7.52. The van der Waals surface area contributed by atoms with Crippen molar-refractivity contribution in [2.45, 2.75) is 64.4 Å². The summed E-state index contributed by atoms with van der Waals surface area (Å²) >= 11 is 0. The van der Waals surface area contributed by atoms with Crippen LogP contribution in [0, 0.1) is 5.92 Å². The van der Waals surface area contributed by atoms with Gasteiger partial charge in [-0.2, -0.15) is 0 Å². The summed E-state index contributed by atoms with van der Waals surface area (Å²) in [5, 5.41) is 9.09. The van der Waals surface area contributed by atoms with Gasteiger partial charge in [-0.15, -0.1) is 0 Å². The van der Waals surface area contributed by atoms with Crippen LogP contribution in [-0.2, 0) is 14.3 Å². The summed E-state index contributed by atoms with van der Waals surface area (Å²) in [6.45, 7) is 7.90. The van der Waals surface area contributed by atoms with E-state index < -0.39 is 17.7 Å². The molecule has 0 saturated carbocycles. The number of fused-ring (bicyclic) bond motifs is 3. The number of rotatable bonds is 9. The van der Waals surface area contributed by atoms with E-state index in [9.17, 15) is 14.4 Å². The number of carboxylic acid groups (broad SMARTS) is 1.